The summed E-state index contributed by atoms with van der Waals surface area (Å²) in [6, 6.07) is 2.16. The van der Waals surface area contributed by atoms with Crippen molar-refractivity contribution in [2.45, 2.75) is 19.9 Å². The maximum Gasteiger partial charge on any atom is 0.308 e. The molecule has 0 saturated carbocycles. The Morgan fingerprint density at radius 2 is 2.38 bits per heavy atom. The molecular formula is C12H17NO3. The Balaban J connectivity index is 2.05. The van der Waals surface area contributed by atoms with Crippen LogP contribution in [0.25, 0.3) is 0 Å². The van der Waals surface area contributed by atoms with Gasteiger partial charge in [-0.3, -0.25) is 9.69 Å². The SMILES string of the molecule is CC(c1ccoc1)N1C[C@@H](C)[C@H](C(=O)O)C1. The first kappa shape index (κ1) is 11.2. The number of rotatable bonds is 3. The van der Waals surface area contributed by atoms with Crippen molar-refractivity contribution in [3.05, 3.63) is 24.2 Å². The molecule has 1 aromatic heterocycles. The molecule has 3 atom stereocenters. The standard InChI is InChI=1S/C12H17NO3/c1-8-5-13(6-11(8)12(14)15)9(2)10-3-4-16-7-10/h3-4,7-9,11H,5-6H2,1-2H3,(H,14,15)/t8-,9?,11-/m1/s1. The van der Waals surface area contributed by atoms with Crippen LogP contribution in [0.3, 0.4) is 0 Å². The van der Waals surface area contributed by atoms with Gasteiger partial charge >= 0.3 is 5.97 Å². The average molecular weight is 223 g/mol. The van der Waals surface area contributed by atoms with E-state index in [4.69, 9.17) is 9.52 Å². The van der Waals surface area contributed by atoms with Gasteiger partial charge in [-0.25, -0.2) is 0 Å². The fraction of sp³-hybridized carbons (Fsp3) is 0.583. The van der Waals surface area contributed by atoms with Crippen LogP contribution >= 0.6 is 0 Å². The van der Waals surface area contributed by atoms with Gasteiger partial charge in [0, 0.05) is 24.7 Å². The lowest BCUT2D eigenvalue weighted by Crippen LogP contribution is -2.26. The molecule has 0 radical (unpaired) electrons. The Hall–Kier alpha value is -1.29. The van der Waals surface area contributed by atoms with Gasteiger partial charge in [-0.1, -0.05) is 6.92 Å². The van der Waals surface area contributed by atoms with Gasteiger partial charge in [0.2, 0.25) is 0 Å². The van der Waals surface area contributed by atoms with E-state index in [2.05, 4.69) is 11.8 Å². The van der Waals surface area contributed by atoms with Gasteiger partial charge in [0.1, 0.15) is 0 Å². The molecule has 4 nitrogen and oxygen atoms in total. The average Bonchev–Trinajstić information content (AvgIpc) is 2.84. The predicted molar refractivity (Wildman–Crippen MR) is 59.0 cm³/mol. The zero-order chi connectivity index (χ0) is 11.7. The van der Waals surface area contributed by atoms with Gasteiger partial charge in [0.15, 0.2) is 0 Å². The molecule has 1 N–H and O–H groups in total. The third kappa shape index (κ3) is 1.97. The number of nitrogens with zero attached hydrogens (tertiary/aromatic N) is 1. The third-order valence-electron chi connectivity index (χ3n) is 3.53. The van der Waals surface area contributed by atoms with E-state index in [0.29, 0.717) is 6.54 Å². The van der Waals surface area contributed by atoms with Crippen LogP contribution in [0.2, 0.25) is 0 Å². The smallest absolute Gasteiger partial charge is 0.308 e. The first-order valence-corrected chi connectivity index (χ1v) is 5.58. The van der Waals surface area contributed by atoms with Gasteiger partial charge in [0.25, 0.3) is 0 Å². The first-order valence-electron chi connectivity index (χ1n) is 5.58. The van der Waals surface area contributed by atoms with E-state index >= 15 is 0 Å². The predicted octanol–water partition coefficient (Wildman–Crippen LogP) is 1.99. The molecule has 0 amide bonds. The topological polar surface area (TPSA) is 53.7 Å². The summed E-state index contributed by atoms with van der Waals surface area (Å²) in [4.78, 5) is 13.2. The summed E-state index contributed by atoms with van der Waals surface area (Å²) in [6.07, 6.45) is 3.38. The van der Waals surface area contributed by atoms with Crippen molar-refractivity contribution >= 4 is 5.97 Å². The van der Waals surface area contributed by atoms with E-state index in [0.717, 1.165) is 12.1 Å². The van der Waals surface area contributed by atoms with E-state index in [9.17, 15) is 4.79 Å². The Bertz CT molecular complexity index is 360. The summed E-state index contributed by atoms with van der Waals surface area (Å²) in [5.41, 5.74) is 1.11. The number of carbonyl (C=O) groups is 1. The van der Waals surface area contributed by atoms with Gasteiger partial charge in [-0.15, -0.1) is 0 Å². The lowest BCUT2D eigenvalue weighted by atomic mass is 9.99. The molecule has 1 aromatic rings. The van der Waals surface area contributed by atoms with Gasteiger partial charge in [0.05, 0.1) is 18.4 Å². The number of aliphatic carboxylic acids is 1. The van der Waals surface area contributed by atoms with Crippen LogP contribution in [0.4, 0.5) is 0 Å². The summed E-state index contributed by atoms with van der Waals surface area (Å²) in [6.45, 7) is 5.55. The Morgan fingerprint density at radius 1 is 1.62 bits per heavy atom. The van der Waals surface area contributed by atoms with Gasteiger partial charge in [-0.05, 0) is 18.9 Å². The second-order valence-electron chi connectivity index (χ2n) is 4.61. The summed E-state index contributed by atoms with van der Waals surface area (Å²) in [5, 5.41) is 9.07. The summed E-state index contributed by atoms with van der Waals surface area (Å²) >= 11 is 0. The summed E-state index contributed by atoms with van der Waals surface area (Å²) in [7, 11) is 0. The molecule has 2 rings (SSSR count). The maximum absolute atomic E-state index is 11.0. The zero-order valence-corrected chi connectivity index (χ0v) is 9.59. The molecule has 1 saturated heterocycles. The minimum absolute atomic E-state index is 0.215. The highest BCUT2D eigenvalue weighted by Gasteiger charge is 2.36. The maximum atomic E-state index is 11.0. The monoisotopic (exact) mass is 223 g/mol. The van der Waals surface area contributed by atoms with Crippen molar-refractivity contribution < 1.29 is 14.3 Å². The molecule has 1 unspecified atom stereocenters. The minimum atomic E-state index is -0.686. The van der Waals surface area contributed by atoms with Crippen molar-refractivity contribution in [1.29, 1.82) is 0 Å². The van der Waals surface area contributed by atoms with Gasteiger partial charge < -0.3 is 9.52 Å². The normalized spacial score (nSPS) is 28.1. The molecule has 0 bridgehead atoms. The van der Waals surface area contributed by atoms with E-state index in [1.165, 1.54) is 0 Å². The van der Waals surface area contributed by atoms with Crippen LogP contribution in [-0.2, 0) is 4.79 Å². The lowest BCUT2D eigenvalue weighted by molar-refractivity contribution is -0.142. The van der Waals surface area contributed by atoms with E-state index in [1.807, 2.05) is 13.0 Å². The van der Waals surface area contributed by atoms with Crippen molar-refractivity contribution in [2.24, 2.45) is 11.8 Å². The molecular weight excluding hydrogens is 206 g/mol. The first-order chi connectivity index (χ1) is 7.59. The molecule has 1 fully saturated rings. The van der Waals surface area contributed by atoms with Crippen molar-refractivity contribution in [3.63, 3.8) is 0 Å². The number of hydrogen-bond acceptors (Lipinski definition) is 3. The number of furan rings is 1. The summed E-state index contributed by atoms with van der Waals surface area (Å²) < 4.78 is 5.05. The summed E-state index contributed by atoms with van der Waals surface area (Å²) in [5.74, 6) is -0.712. The molecule has 0 spiro atoms. The quantitative estimate of drug-likeness (QED) is 0.851. The molecule has 1 aliphatic heterocycles. The minimum Gasteiger partial charge on any atom is -0.481 e. The molecule has 16 heavy (non-hydrogen) atoms. The molecule has 2 heterocycles. The molecule has 88 valence electrons. The highest BCUT2D eigenvalue weighted by Crippen LogP contribution is 2.30. The fourth-order valence-corrected chi connectivity index (χ4v) is 2.37. The lowest BCUT2D eigenvalue weighted by Gasteiger charge is -2.22. The van der Waals surface area contributed by atoms with Crippen molar-refractivity contribution in [1.82, 2.24) is 4.90 Å². The van der Waals surface area contributed by atoms with E-state index < -0.39 is 5.97 Å². The number of likely N-dealkylation sites (tertiary alicyclic amines) is 1. The van der Waals surface area contributed by atoms with Crippen LogP contribution in [-0.4, -0.2) is 29.1 Å². The number of hydrogen-bond donors (Lipinski definition) is 1. The Labute approximate surface area is 94.9 Å². The van der Waals surface area contributed by atoms with Crippen molar-refractivity contribution in [2.75, 3.05) is 13.1 Å². The van der Waals surface area contributed by atoms with E-state index in [-0.39, 0.29) is 17.9 Å². The Kier molecular flexibility index (Phi) is 3.01. The van der Waals surface area contributed by atoms with Crippen molar-refractivity contribution in [3.8, 4) is 0 Å². The second kappa shape index (κ2) is 4.29. The highest BCUT2D eigenvalue weighted by atomic mass is 16.4. The van der Waals surface area contributed by atoms with E-state index in [1.54, 1.807) is 12.5 Å². The van der Waals surface area contributed by atoms with Crippen LogP contribution in [0.5, 0.6) is 0 Å². The largest absolute Gasteiger partial charge is 0.481 e. The third-order valence-corrected chi connectivity index (χ3v) is 3.53. The van der Waals surface area contributed by atoms with Crippen LogP contribution in [0.1, 0.15) is 25.5 Å². The fourth-order valence-electron chi connectivity index (χ4n) is 2.37. The number of carboxylic acid groups (broad SMARTS) is 1. The molecule has 1 aliphatic rings. The Morgan fingerprint density at radius 3 is 2.88 bits per heavy atom. The number of carboxylic acids is 1. The molecule has 4 heteroatoms. The molecule has 0 aromatic carbocycles. The molecule has 0 aliphatic carbocycles. The highest BCUT2D eigenvalue weighted by molar-refractivity contribution is 5.71. The zero-order valence-electron chi connectivity index (χ0n) is 9.59. The van der Waals surface area contributed by atoms with Crippen LogP contribution in [0.15, 0.2) is 23.0 Å². The second-order valence-corrected chi connectivity index (χ2v) is 4.61. The van der Waals surface area contributed by atoms with Crippen LogP contribution in [0, 0.1) is 11.8 Å². The van der Waals surface area contributed by atoms with Crippen LogP contribution < -0.4 is 0 Å². The van der Waals surface area contributed by atoms with Gasteiger partial charge in [-0.2, -0.15) is 0 Å².